The van der Waals surface area contributed by atoms with Crippen LogP contribution in [0.5, 0.6) is 5.75 Å². The van der Waals surface area contributed by atoms with Crippen molar-refractivity contribution in [3.05, 3.63) is 29.3 Å². The van der Waals surface area contributed by atoms with Gasteiger partial charge in [0.05, 0.1) is 38.7 Å². The standard InChI is InChI=1S/C14H20O7S/c1-18-10-11-7-12(14(15)19-2)9-13(8-11)20-5-4-6-21-22(3,16)17/h7-9H,4-6,10H2,1-3H3. The lowest BCUT2D eigenvalue weighted by atomic mass is 10.1. The van der Waals surface area contributed by atoms with Crippen LogP contribution in [0.2, 0.25) is 0 Å². The molecule has 0 heterocycles. The number of carbonyl (C=O) groups is 1. The first-order valence-electron chi connectivity index (χ1n) is 6.54. The summed E-state index contributed by atoms with van der Waals surface area (Å²) in [6.07, 6.45) is 1.39. The fourth-order valence-electron chi connectivity index (χ4n) is 1.69. The monoisotopic (exact) mass is 332 g/mol. The van der Waals surface area contributed by atoms with Crippen molar-refractivity contribution in [2.75, 3.05) is 33.7 Å². The Kier molecular flexibility index (Phi) is 7.30. The molecule has 0 aliphatic carbocycles. The molecule has 0 aromatic heterocycles. The summed E-state index contributed by atoms with van der Waals surface area (Å²) in [5.41, 5.74) is 1.13. The summed E-state index contributed by atoms with van der Waals surface area (Å²) < 4.78 is 41.4. The summed E-state index contributed by atoms with van der Waals surface area (Å²) in [6.45, 7) is 0.630. The number of benzene rings is 1. The molecule has 7 nitrogen and oxygen atoms in total. The van der Waals surface area contributed by atoms with Crippen molar-refractivity contribution in [1.82, 2.24) is 0 Å². The predicted molar refractivity (Wildman–Crippen MR) is 79.4 cm³/mol. The lowest BCUT2D eigenvalue weighted by molar-refractivity contribution is 0.0599. The van der Waals surface area contributed by atoms with E-state index in [9.17, 15) is 13.2 Å². The van der Waals surface area contributed by atoms with Gasteiger partial charge in [0.15, 0.2) is 0 Å². The maximum absolute atomic E-state index is 11.6. The molecule has 8 heteroatoms. The van der Waals surface area contributed by atoms with Gasteiger partial charge in [-0.15, -0.1) is 0 Å². The number of hydrogen-bond donors (Lipinski definition) is 0. The van der Waals surface area contributed by atoms with E-state index in [0.29, 0.717) is 24.3 Å². The predicted octanol–water partition coefficient (Wildman–Crippen LogP) is 1.36. The highest BCUT2D eigenvalue weighted by molar-refractivity contribution is 7.85. The van der Waals surface area contributed by atoms with Crippen molar-refractivity contribution in [1.29, 1.82) is 0 Å². The van der Waals surface area contributed by atoms with Crippen LogP contribution in [0.15, 0.2) is 18.2 Å². The van der Waals surface area contributed by atoms with Crippen molar-refractivity contribution in [3.63, 3.8) is 0 Å². The molecule has 0 fully saturated rings. The van der Waals surface area contributed by atoms with Crippen LogP contribution in [0.3, 0.4) is 0 Å². The van der Waals surface area contributed by atoms with Gasteiger partial charge in [0.25, 0.3) is 10.1 Å². The smallest absolute Gasteiger partial charge is 0.337 e. The number of carbonyl (C=O) groups excluding carboxylic acids is 1. The number of methoxy groups -OCH3 is 2. The summed E-state index contributed by atoms with van der Waals surface area (Å²) in [7, 11) is -0.588. The van der Waals surface area contributed by atoms with Gasteiger partial charge in [-0.25, -0.2) is 4.79 Å². The largest absolute Gasteiger partial charge is 0.493 e. The Balaban J connectivity index is 2.64. The molecular formula is C14H20O7S. The summed E-state index contributed by atoms with van der Waals surface area (Å²) >= 11 is 0. The van der Waals surface area contributed by atoms with E-state index in [4.69, 9.17) is 9.47 Å². The molecule has 1 aromatic carbocycles. The topological polar surface area (TPSA) is 88.1 Å². The molecule has 0 saturated heterocycles. The van der Waals surface area contributed by atoms with E-state index in [0.717, 1.165) is 11.8 Å². The molecule has 22 heavy (non-hydrogen) atoms. The molecule has 1 rings (SSSR count). The molecule has 0 aliphatic heterocycles. The maximum atomic E-state index is 11.6. The lowest BCUT2D eigenvalue weighted by Crippen LogP contribution is -2.08. The van der Waals surface area contributed by atoms with Crippen molar-refractivity contribution in [2.24, 2.45) is 0 Å². The average Bonchev–Trinajstić information content (AvgIpc) is 2.45. The molecule has 0 N–H and O–H groups in total. The fraction of sp³-hybridized carbons (Fsp3) is 0.500. The Hall–Kier alpha value is -1.64. The first kappa shape index (κ1) is 18.4. The number of hydrogen-bond acceptors (Lipinski definition) is 7. The molecule has 124 valence electrons. The minimum Gasteiger partial charge on any atom is -0.493 e. The molecule has 0 aliphatic rings. The summed E-state index contributed by atoms with van der Waals surface area (Å²) in [5.74, 6) is 0.0116. The Morgan fingerprint density at radius 1 is 1.14 bits per heavy atom. The minimum atomic E-state index is -3.44. The van der Waals surface area contributed by atoms with E-state index in [-0.39, 0.29) is 13.2 Å². The van der Waals surface area contributed by atoms with Gasteiger partial charge in [-0.1, -0.05) is 0 Å². The Bertz CT molecular complexity index is 595. The van der Waals surface area contributed by atoms with E-state index in [1.165, 1.54) is 7.11 Å². The second kappa shape index (κ2) is 8.72. The average molecular weight is 332 g/mol. The molecule has 1 aromatic rings. The maximum Gasteiger partial charge on any atom is 0.337 e. The number of rotatable bonds is 9. The van der Waals surface area contributed by atoms with Gasteiger partial charge in [-0.05, 0) is 23.8 Å². The summed E-state index contributed by atoms with van der Waals surface area (Å²) in [6, 6.07) is 4.96. The normalized spacial score (nSPS) is 11.2. The van der Waals surface area contributed by atoms with Crippen molar-refractivity contribution in [3.8, 4) is 5.75 Å². The van der Waals surface area contributed by atoms with Crippen molar-refractivity contribution < 1.29 is 31.6 Å². The van der Waals surface area contributed by atoms with Crippen LogP contribution < -0.4 is 4.74 Å². The zero-order valence-electron chi connectivity index (χ0n) is 12.8. The van der Waals surface area contributed by atoms with Gasteiger partial charge in [-0.3, -0.25) is 4.18 Å². The second-order valence-corrected chi connectivity index (χ2v) is 6.16. The van der Waals surface area contributed by atoms with Crippen LogP contribution >= 0.6 is 0 Å². The first-order chi connectivity index (χ1) is 10.4. The van der Waals surface area contributed by atoms with Crippen molar-refractivity contribution in [2.45, 2.75) is 13.0 Å². The van der Waals surface area contributed by atoms with E-state index < -0.39 is 16.1 Å². The Morgan fingerprint density at radius 2 is 1.86 bits per heavy atom. The third-order valence-corrected chi connectivity index (χ3v) is 3.15. The summed E-state index contributed by atoms with van der Waals surface area (Å²) in [4.78, 5) is 11.6. The Labute approximate surface area is 130 Å². The van der Waals surface area contributed by atoms with Crippen LogP contribution in [0.1, 0.15) is 22.3 Å². The molecular weight excluding hydrogens is 312 g/mol. The molecule has 0 bridgehead atoms. The van der Waals surface area contributed by atoms with Crippen LogP contribution in [-0.4, -0.2) is 48.1 Å². The number of ether oxygens (including phenoxy) is 3. The van der Waals surface area contributed by atoms with E-state index >= 15 is 0 Å². The molecule has 0 saturated carbocycles. The van der Waals surface area contributed by atoms with E-state index in [1.54, 1.807) is 25.3 Å². The van der Waals surface area contributed by atoms with Gasteiger partial charge in [0, 0.05) is 13.5 Å². The van der Waals surface area contributed by atoms with Crippen LogP contribution in [0, 0.1) is 0 Å². The van der Waals surface area contributed by atoms with Gasteiger partial charge in [0.1, 0.15) is 5.75 Å². The lowest BCUT2D eigenvalue weighted by Gasteiger charge is -2.10. The van der Waals surface area contributed by atoms with Gasteiger partial charge < -0.3 is 14.2 Å². The second-order valence-electron chi connectivity index (χ2n) is 4.52. The Morgan fingerprint density at radius 3 is 2.45 bits per heavy atom. The quantitative estimate of drug-likeness (QED) is 0.383. The molecule has 0 atom stereocenters. The van der Waals surface area contributed by atoms with Crippen molar-refractivity contribution >= 4 is 16.1 Å². The zero-order chi connectivity index (χ0) is 16.6. The zero-order valence-corrected chi connectivity index (χ0v) is 13.6. The van der Waals surface area contributed by atoms with Crippen LogP contribution in [-0.2, 0) is 30.4 Å². The third kappa shape index (κ3) is 6.88. The highest BCUT2D eigenvalue weighted by Crippen LogP contribution is 2.19. The summed E-state index contributed by atoms with van der Waals surface area (Å²) in [5, 5.41) is 0. The highest BCUT2D eigenvalue weighted by Gasteiger charge is 2.10. The van der Waals surface area contributed by atoms with Gasteiger partial charge in [-0.2, -0.15) is 8.42 Å². The van der Waals surface area contributed by atoms with Crippen LogP contribution in [0.25, 0.3) is 0 Å². The number of esters is 1. The van der Waals surface area contributed by atoms with Crippen LogP contribution in [0.4, 0.5) is 0 Å². The molecule has 0 amide bonds. The third-order valence-electron chi connectivity index (χ3n) is 2.55. The first-order valence-corrected chi connectivity index (χ1v) is 8.36. The fourth-order valence-corrected chi connectivity index (χ4v) is 2.11. The van der Waals surface area contributed by atoms with Gasteiger partial charge in [0.2, 0.25) is 0 Å². The SMILES string of the molecule is COCc1cc(OCCCOS(C)(=O)=O)cc(C(=O)OC)c1. The van der Waals surface area contributed by atoms with E-state index in [2.05, 4.69) is 8.92 Å². The minimum absolute atomic E-state index is 0.0421. The van der Waals surface area contributed by atoms with E-state index in [1.807, 2.05) is 0 Å². The molecule has 0 spiro atoms. The van der Waals surface area contributed by atoms with Gasteiger partial charge >= 0.3 is 5.97 Å². The highest BCUT2D eigenvalue weighted by atomic mass is 32.2. The molecule has 0 unspecified atom stereocenters. The molecule has 0 radical (unpaired) electrons.